The topological polar surface area (TPSA) is 21.3 Å². The van der Waals surface area contributed by atoms with Crippen molar-refractivity contribution in [2.45, 2.75) is 44.6 Å². The van der Waals surface area contributed by atoms with Crippen molar-refractivity contribution in [2.24, 2.45) is 5.92 Å². The summed E-state index contributed by atoms with van der Waals surface area (Å²) < 4.78 is 6.10. The summed E-state index contributed by atoms with van der Waals surface area (Å²) in [5, 5.41) is 4.24. The Kier molecular flexibility index (Phi) is 4.29. The third-order valence-electron chi connectivity index (χ3n) is 4.34. The monoisotopic (exact) mass is 279 g/mol. The maximum Gasteiger partial charge on any atom is 0.123 e. The molecular formula is C16H22ClNO. The third-order valence-corrected chi connectivity index (χ3v) is 4.57. The summed E-state index contributed by atoms with van der Waals surface area (Å²) in [5.74, 6) is 1.83. The minimum absolute atomic E-state index is 0.438. The third kappa shape index (κ3) is 3.43. The number of hydrogen-bond donors (Lipinski definition) is 1. The molecule has 0 radical (unpaired) electrons. The summed E-state index contributed by atoms with van der Waals surface area (Å²) in [6, 6.07) is 6.09. The molecule has 0 bridgehead atoms. The van der Waals surface area contributed by atoms with Gasteiger partial charge in [-0.2, -0.15) is 0 Å². The Morgan fingerprint density at radius 1 is 1.16 bits per heavy atom. The second-order valence-corrected chi connectivity index (χ2v) is 6.26. The predicted octanol–water partition coefficient (Wildman–Crippen LogP) is 3.81. The highest BCUT2D eigenvalue weighted by Gasteiger charge is 2.22. The van der Waals surface area contributed by atoms with Crippen molar-refractivity contribution in [2.75, 3.05) is 13.1 Å². The van der Waals surface area contributed by atoms with E-state index in [-0.39, 0.29) is 0 Å². The van der Waals surface area contributed by atoms with Crippen molar-refractivity contribution in [3.8, 4) is 5.75 Å². The fourth-order valence-electron chi connectivity index (χ4n) is 2.89. The average molecular weight is 280 g/mol. The first-order chi connectivity index (χ1) is 9.31. The molecule has 0 spiro atoms. The minimum Gasteiger partial charge on any atom is -0.490 e. The van der Waals surface area contributed by atoms with Crippen LogP contribution in [-0.4, -0.2) is 19.2 Å². The molecule has 104 valence electrons. The molecule has 0 atom stereocenters. The number of rotatable bonds is 4. The van der Waals surface area contributed by atoms with E-state index in [1.54, 1.807) is 0 Å². The van der Waals surface area contributed by atoms with E-state index in [2.05, 4.69) is 17.4 Å². The molecule has 19 heavy (non-hydrogen) atoms. The van der Waals surface area contributed by atoms with E-state index in [9.17, 15) is 0 Å². The molecule has 1 N–H and O–H groups in total. The molecule has 0 aromatic heterocycles. The van der Waals surface area contributed by atoms with Gasteiger partial charge in [0.1, 0.15) is 5.75 Å². The Balaban J connectivity index is 1.71. The van der Waals surface area contributed by atoms with Gasteiger partial charge in [-0.05, 0) is 81.3 Å². The lowest BCUT2D eigenvalue weighted by atomic mass is 9.90. The van der Waals surface area contributed by atoms with E-state index in [1.165, 1.54) is 37.7 Å². The summed E-state index contributed by atoms with van der Waals surface area (Å²) in [6.45, 7) is 2.29. The maximum atomic E-state index is 6.15. The van der Waals surface area contributed by atoms with Crippen LogP contribution in [-0.2, 0) is 6.42 Å². The van der Waals surface area contributed by atoms with E-state index in [0.29, 0.717) is 6.10 Å². The summed E-state index contributed by atoms with van der Waals surface area (Å²) in [4.78, 5) is 0. The van der Waals surface area contributed by atoms with Crippen LogP contribution < -0.4 is 10.1 Å². The summed E-state index contributed by atoms with van der Waals surface area (Å²) >= 11 is 6.15. The van der Waals surface area contributed by atoms with Crippen molar-refractivity contribution in [3.05, 3.63) is 28.8 Å². The predicted molar refractivity (Wildman–Crippen MR) is 79.0 cm³/mol. The van der Waals surface area contributed by atoms with E-state index >= 15 is 0 Å². The summed E-state index contributed by atoms with van der Waals surface area (Å²) in [7, 11) is 0. The molecule has 1 saturated heterocycles. The van der Waals surface area contributed by atoms with Crippen LogP contribution in [0, 0.1) is 5.92 Å². The quantitative estimate of drug-likeness (QED) is 0.905. The summed E-state index contributed by atoms with van der Waals surface area (Å²) in [5.41, 5.74) is 1.30. The fraction of sp³-hybridized carbons (Fsp3) is 0.625. The van der Waals surface area contributed by atoms with Crippen molar-refractivity contribution in [1.82, 2.24) is 5.32 Å². The zero-order chi connectivity index (χ0) is 13.1. The molecule has 3 rings (SSSR count). The number of ether oxygens (including phenoxy) is 1. The molecule has 1 aliphatic carbocycles. The van der Waals surface area contributed by atoms with Crippen LogP contribution in [0.4, 0.5) is 0 Å². The van der Waals surface area contributed by atoms with Crippen LogP contribution in [0.5, 0.6) is 5.75 Å². The highest BCUT2D eigenvalue weighted by molar-refractivity contribution is 6.30. The van der Waals surface area contributed by atoms with E-state index in [4.69, 9.17) is 16.3 Å². The fourth-order valence-corrected chi connectivity index (χ4v) is 3.08. The maximum absolute atomic E-state index is 6.15. The average Bonchev–Trinajstić information content (AvgIpc) is 2.37. The number of hydrogen-bond acceptors (Lipinski definition) is 2. The van der Waals surface area contributed by atoms with Gasteiger partial charge in [0, 0.05) is 5.02 Å². The van der Waals surface area contributed by atoms with Gasteiger partial charge in [0.15, 0.2) is 0 Å². The lowest BCUT2D eigenvalue weighted by molar-refractivity contribution is 0.118. The van der Waals surface area contributed by atoms with E-state index in [0.717, 1.165) is 36.2 Å². The van der Waals surface area contributed by atoms with E-state index < -0.39 is 0 Å². The molecular weight excluding hydrogens is 258 g/mol. The van der Waals surface area contributed by atoms with Crippen LogP contribution in [0.15, 0.2) is 18.2 Å². The van der Waals surface area contributed by atoms with Gasteiger partial charge in [-0.3, -0.25) is 0 Å². The van der Waals surface area contributed by atoms with Gasteiger partial charge < -0.3 is 10.1 Å². The molecule has 2 nitrogen and oxygen atoms in total. The molecule has 1 aromatic carbocycles. The Hall–Kier alpha value is -0.730. The zero-order valence-electron chi connectivity index (χ0n) is 11.3. The minimum atomic E-state index is 0.438. The molecule has 1 aromatic rings. The number of benzene rings is 1. The Bertz CT molecular complexity index is 425. The standard InChI is InChI=1S/C16H22ClNO/c17-14-4-5-16(19-15-2-1-3-15)13(11-14)10-12-6-8-18-9-7-12/h4-5,11-12,15,18H,1-3,6-10H2. The van der Waals surface area contributed by atoms with Crippen LogP contribution in [0.1, 0.15) is 37.7 Å². The normalized spacial score (nSPS) is 21.1. The van der Waals surface area contributed by atoms with E-state index in [1.807, 2.05) is 6.07 Å². The first kappa shape index (κ1) is 13.3. The number of halogens is 1. The van der Waals surface area contributed by atoms with Gasteiger partial charge in [0.05, 0.1) is 6.10 Å². The molecule has 1 aliphatic heterocycles. The lowest BCUT2D eigenvalue weighted by Gasteiger charge is -2.29. The Morgan fingerprint density at radius 3 is 2.63 bits per heavy atom. The SMILES string of the molecule is Clc1ccc(OC2CCC2)c(CC2CCNCC2)c1. The largest absolute Gasteiger partial charge is 0.490 e. The Morgan fingerprint density at radius 2 is 1.95 bits per heavy atom. The van der Waals surface area contributed by atoms with Crippen LogP contribution >= 0.6 is 11.6 Å². The van der Waals surface area contributed by atoms with Crippen molar-refractivity contribution in [3.63, 3.8) is 0 Å². The zero-order valence-corrected chi connectivity index (χ0v) is 12.1. The Labute approximate surface area is 120 Å². The van der Waals surface area contributed by atoms with Crippen molar-refractivity contribution < 1.29 is 4.74 Å². The van der Waals surface area contributed by atoms with Gasteiger partial charge in [-0.1, -0.05) is 11.6 Å². The van der Waals surface area contributed by atoms with Gasteiger partial charge >= 0.3 is 0 Å². The van der Waals surface area contributed by atoms with Gasteiger partial charge in [0.2, 0.25) is 0 Å². The van der Waals surface area contributed by atoms with Crippen molar-refractivity contribution >= 4 is 11.6 Å². The highest BCUT2D eigenvalue weighted by Crippen LogP contribution is 2.32. The van der Waals surface area contributed by atoms with Crippen LogP contribution in [0.3, 0.4) is 0 Å². The van der Waals surface area contributed by atoms with Crippen LogP contribution in [0.2, 0.25) is 5.02 Å². The second-order valence-electron chi connectivity index (χ2n) is 5.82. The number of piperidine rings is 1. The lowest BCUT2D eigenvalue weighted by Crippen LogP contribution is -2.29. The molecule has 0 amide bonds. The molecule has 3 heteroatoms. The molecule has 1 heterocycles. The molecule has 1 saturated carbocycles. The van der Waals surface area contributed by atoms with Crippen LogP contribution in [0.25, 0.3) is 0 Å². The highest BCUT2D eigenvalue weighted by atomic mass is 35.5. The molecule has 2 aliphatic rings. The number of nitrogens with one attached hydrogen (secondary N) is 1. The second kappa shape index (κ2) is 6.15. The molecule has 0 unspecified atom stereocenters. The first-order valence-corrected chi connectivity index (χ1v) is 7.85. The van der Waals surface area contributed by atoms with Gasteiger partial charge in [-0.25, -0.2) is 0 Å². The molecule has 2 fully saturated rings. The smallest absolute Gasteiger partial charge is 0.123 e. The van der Waals surface area contributed by atoms with Gasteiger partial charge in [-0.15, -0.1) is 0 Å². The van der Waals surface area contributed by atoms with Crippen molar-refractivity contribution in [1.29, 1.82) is 0 Å². The van der Waals surface area contributed by atoms with Gasteiger partial charge in [0.25, 0.3) is 0 Å². The summed E-state index contributed by atoms with van der Waals surface area (Å²) in [6.07, 6.45) is 7.77. The first-order valence-electron chi connectivity index (χ1n) is 7.47.